The number of hydrogen-bond donors (Lipinski definition) is 1. The Morgan fingerprint density at radius 2 is 2.00 bits per heavy atom. The second-order valence-electron chi connectivity index (χ2n) is 5.19. The van der Waals surface area contributed by atoms with Crippen molar-refractivity contribution < 1.29 is 4.79 Å². The molecule has 0 unspecified atom stereocenters. The number of carbonyl (C=O) groups is 1. The van der Waals surface area contributed by atoms with Crippen LogP contribution in [-0.4, -0.2) is 41.5 Å². The van der Waals surface area contributed by atoms with Gasteiger partial charge in [-0.05, 0) is 36.5 Å². The van der Waals surface area contributed by atoms with Gasteiger partial charge in [0.2, 0.25) is 5.91 Å². The fourth-order valence-corrected chi connectivity index (χ4v) is 2.90. The molecular weight excluding hydrogens is 238 g/mol. The van der Waals surface area contributed by atoms with Gasteiger partial charge in [0.05, 0.1) is 0 Å². The van der Waals surface area contributed by atoms with Crippen LogP contribution in [0.3, 0.4) is 0 Å². The molecule has 1 aromatic heterocycles. The first-order valence-electron chi connectivity index (χ1n) is 6.93. The van der Waals surface area contributed by atoms with E-state index in [1.807, 2.05) is 29.4 Å². The van der Waals surface area contributed by atoms with E-state index in [0.717, 1.165) is 32.5 Å². The largest absolute Gasteiger partial charge is 0.341 e. The molecule has 0 spiro atoms. The number of rotatable bonds is 2. The number of piperidine rings is 1. The number of nitrogens with one attached hydrogen (secondary N) is 1. The number of nitrogens with zero attached hydrogens (tertiary/aromatic N) is 2. The Kier molecular flexibility index (Phi) is 3.60. The van der Waals surface area contributed by atoms with E-state index in [2.05, 4.69) is 22.4 Å². The lowest BCUT2D eigenvalue weighted by Gasteiger charge is -2.33. The Labute approximate surface area is 113 Å². The normalized spacial score (nSPS) is 23.8. The highest BCUT2D eigenvalue weighted by Gasteiger charge is 2.28. The van der Waals surface area contributed by atoms with E-state index in [9.17, 15) is 4.79 Å². The molecule has 1 saturated heterocycles. The van der Waals surface area contributed by atoms with Crippen molar-refractivity contribution in [2.24, 2.45) is 0 Å². The maximum absolute atomic E-state index is 12.2. The Balaban J connectivity index is 1.57. The molecule has 0 aliphatic carbocycles. The summed E-state index contributed by atoms with van der Waals surface area (Å²) >= 11 is 0. The van der Waals surface area contributed by atoms with Crippen molar-refractivity contribution in [3.05, 3.63) is 42.2 Å². The summed E-state index contributed by atoms with van der Waals surface area (Å²) in [4.78, 5) is 18.3. The molecule has 0 aromatic carbocycles. The Morgan fingerprint density at radius 3 is 2.63 bits per heavy atom. The van der Waals surface area contributed by atoms with Crippen molar-refractivity contribution in [3.63, 3.8) is 0 Å². The number of hydrogen-bond acceptors (Lipinski definition) is 3. The van der Waals surface area contributed by atoms with Gasteiger partial charge < -0.3 is 4.90 Å². The SMILES string of the molecule is O=C([C@@H]1C=CCN1)N1CCC(c2ccncc2)CC1. The molecule has 1 aromatic rings. The fourth-order valence-electron chi connectivity index (χ4n) is 2.90. The van der Waals surface area contributed by atoms with Gasteiger partial charge in [0.25, 0.3) is 0 Å². The van der Waals surface area contributed by atoms with Crippen LogP contribution in [0.1, 0.15) is 24.3 Å². The molecule has 100 valence electrons. The predicted molar refractivity (Wildman–Crippen MR) is 73.7 cm³/mol. The van der Waals surface area contributed by atoms with E-state index in [0.29, 0.717) is 5.92 Å². The highest BCUT2D eigenvalue weighted by Crippen LogP contribution is 2.27. The summed E-state index contributed by atoms with van der Waals surface area (Å²) in [5, 5.41) is 3.19. The van der Waals surface area contributed by atoms with Gasteiger partial charge in [0.1, 0.15) is 6.04 Å². The van der Waals surface area contributed by atoms with E-state index in [1.54, 1.807) is 0 Å². The molecule has 1 amide bonds. The zero-order valence-corrected chi connectivity index (χ0v) is 11.0. The van der Waals surface area contributed by atoms with Crippen LogP contribution in [0.5, 0.6) is 0 Å². The highest BCUT2D eigenvalue weighted by molar-refractivity contribution is 5.84. The van der Waals surface area contributed by atoms with Gasteiger partial charge in [-0.25, -0.2) is 0 Å². The topological polar surface area (TPSA) is 45.2 Å². The average Bonchev–Trinajstić information content (AvgIpc) is 3.02. The van der Waals surface area contributed by atoms with E-state index in [-0.39, 0.29) is 11.9 Å². The molecule has 3 heterocycles. The maximum Gasteiger partial charge on any atom is 0.243 e. The molecule has 1 N–H and O–H groups in total. The Morgan fingerprint density at radius 1 is 1.26 bits per heavy atom. The van der Waals surface area contributed by atoms with Crippen molar-refractivity contribution in [1.82, 2.24) is 15.2 Å². The van der Waals surface area contributed by atoms with Crippen molar-refractivity contribution in [1.29, 1.82) is 0 Å². The summed E-state index contributed by atoms with van der Waals surface area (Å²) in [6, 6.07) is 4.07. The molecule has 2 aliphatic rings. The minimum absolute atomic E-state index is 0.0996. The third-order valence-electron chi connectivity index (χ3n) is 4.03. The summed E-state index contributed by atoms with van der Waals surface area (Å²) in [6.07, 6.45) is 9.78. The molecule has 3 rings (SSSR count). The Hall–Kier alpha value is -1.68. The lowest BCUT2D eigenvalue weighted by Crippen LogP contribution is -2.46. The number of amides is 1. The van der Waals surface area contributed by atoms with E-state index >= 15 is 0 Å². The second-order valence-corrected chi connectivity index (χ2v) is 5.19. The van der Waals surface area contributed by atoms with Crippen LogP contribution < -0.4 is 5.32 Å². The molecule has 0 radical (unpaired) electrons. The summed E-state index contributed by atoms with van der Waals surface area (Å²) in [5.41, 5.74) is 1.35. The van der Waals surface area contributed by atoms with Crippen molar-refractivity contribution in [3.8, 4) is 0 Å². The monoisotopic (exact) mass is 257 g/mol. The standard InChI is InChI=1S/C15H19N3O/c19-15(14-2-1-7-17-14)18-10-5-13(6-11-18)12-3-8-16-9-4-12/h1-4,8-9,13-14,17H,5-7,10-11H2/t14-/m0/s1. The third kappa shape index (κ3) is 2.68. The molecule has 1 atom stereocenters. The number of pyridine rings is 1. The van der Waals surface area contributed by atoms with Gasteiger partial charge >= 0.3 is 0 Å². The first kappa shape index (κ1) is 12.4. The number of aromatic nitrogens is 1. The minimum Gasteiger partial charge on any atom is -0.341 e. The van der Waals surface area contributed by atoms with Gasteiger partial charge in [0, 0.05) is 32.0 Å². The predicted octanol–water partition coefficient (Wildman–Crippen LogP) is 1.32. The van der Waals surface area contributed by atoms with Crippen molar-refractivity contribution >= 4 is 5.91 Å². The van der Waals surface area contributed by atoms with Crippen molar-refractivity contribution in [2.75, 3.05) is 19.6 Å². The first-order valence-corrected chi connectivity index (χ1v) is 6.93. The maximum atomic E-state index is 12.2. The fraction of sp³-hybridized carbons (Fsp3) is 0.467. The summed E-state index contributed by atoms with van der Waals surface area (Å²) in [5.74, 6) is 0.793. The number of likely N-dealkylation sites (tertiary alicyclic amines) is 1. The van der Waals surface area contributed by atoms with Gasteiger partial charge in [-0.1, -0.05) is 12.2 Å². The van der Waals surface area contributed by atoms with Gasteiger partial charge in [0.15, 0.2) is 0 Å². The smallest absolute Gasteiger partial charge is 0.243 e. The van der Waals surface area contributed by atoms with E-state index in [4.69, 9.17) is 0 Å². The molecule has 4 heteroatoms. The minimum atomic E-state index is -0.0996. The molecule has 0 saturated carbocycles. The quantitative estimate of drug-likeness (QED) is 0.813. The first-order chi connectivity index (χ1) is 9.34. The molecular formula is C15H19N3O. The van der Waals surface area contributed by atoms with Gasteiger partial charge in [-0.3, -0.25) is 15.1 Å². The molecule has 2 aliphatic heterocycles. The van der Waals surface area contributed by atoms with Crippen LogP contribution in [0.15, 0.2) is 36.7 Å². The van der Waals surface area contributed by atoms with E-state index < -0.39 is 0 Å². The molecule has 1 fully saturated rings. The van der Waals surface area contributed by atoms with Gasteiger partial charge in [-0.2, -0.15) is 0 Å². The lowest BCUT2D eigenvalue weighted by molar-refractivity contribution is -0.133. The van der Waals surface area contributed by atoms with Gasteiger partial charge in [-0.15, -0.1) is 0 Å². The second kappa shape index (κ2) is 5.53. The van der Waals surface area contributed by atoms with Crippen LogP contribution in [0, 0.1) is 0 Å². The van der Waals surface area contributed by atoms with Crippen LogP contribution in [-0.2, 0) is 4.79 Å². The lowest BCUT2D eigenvalue weighted by atomic mass is 9.90. The Bertz CT molecular complexity index is 464. The molecule has 4 nitrogen and oxygen atoms in total. The van der Waals surface area contributed by atoms with E-state index in [1.165, 1.54) is 5.56 Å². The van der Waals surface area contributed by atoms with Crippen molar-refractivity contribution in [2.45, 2.75) is 24.8 Å². The average molecular weight is 257 g/mol. The number of carbonyl (C=O) groups excluding carboxylic acids is 1. The third-order valence-corrected chi connectivity index (χ3v) is 4.03. The molecule has 19 heavy (non-hydrogen) atoms. The van der Waals surface area contributed by atoms with Crippen LogP contribution >= 0.6 is 0 Å². The summed E-state index contributed by atoms with van der Waals surface area (Å²) in [6.45, 7) is 2.53. The zero-order chi connectivity index (χ0) is 13.1. The van der Waals surface area contributed by atoms with Crippen LogP contribution in [0.4, 0.5) is 0 Å². The van der Waals surface area contributed by atoms with Crippen LogP contribution in [0.25, 0.3) is 0 Å². The summed E-state index contributed by atoms with van der Waals surface area (Å²) < 4.78 is 0. The summed E-state index contributed by atoms with van der Waals surface area (Å²) in [7, 11) is 0. The molecule has 0 bridgehead atoms. The zero-order valence-electron chi connectivity index (χ0n) is 11.0. The van der Waals surface area contributed by atoms with Crippen LogP contribution in [0.2, 0.25) is 0 Å². The highest BCUT2D eigenvalue weighted by atomic mass is 16.2.